The predicted octanol–water partition coefficient (Wildman–Crippen LogP) is 5.13. The molecule has 0 N–H and O–H groups in total. The Bertz CT molecular complexity index is 581. The van der Waals surface area contributed by atoms with E-state index in [-0.39, 0.29) is 5.78 Å². The summed E-state index contributed by atoms with van der Waals surface area (Å²) in [5.41, 5.74) is 1.56. The molecule has 0 unspecified atom stereocenters. The molecule has 0 aliphatic heterocycles. The Morgan fingerprint density at radius 1 is 1.17 bits per heavy atom. The van der Waals surface area contributed by atoms with Crippen molar-refractivity contribution in [1.29, 1.82) is 0 Å². The standard InChI is InChI=1S/C14H9BrClIO/c15-12-3-1-2-11(14(12)16)13(18)8-9-4-6-10(17)7-5-9/h1-7H,8H2. The molecule has 0 saturated carbocycles. The van der Waals surface area contributed by atoms with Crippen LogP contribution >= 0.6 is 50.1 Å². The molecule has 0 radical (unpaired) electrons. The van der Waals surface area contributed by atoms with E-state index in [1.54, 1.807) is 6.07 Å². The van der Waals surface area contributed by atoms with E-state index < -0.39 is 0 Å². The van der Waals surface area contributed by atoms with Crippen molar-refractivity contribution in [3.8, 4) is 0 Å². The molecular weight excluding hydrogens is 426 g/mol. The molecule has 4 heteroatoms. The van der Waals surface area contributed by atoms with Gasteiger partial charge in [0.05, 0.1) is 5.02 Å². The van der Waals surface area contributed by atoms with Crippen LogP contribution in [-0.2, 0) is 6.42 Å². The third-order valence-electron chi connectivity index (χ3n) is 2.53. The largest absolute Gasteiger partial charge is 0.294 e. The molecule has 0 amide bonds. The SMILES string of the molecule is O=C(Cc1ccc(I)cc1)c1cccc(Br)c1Cl. The minimum absolute atomic E-state index is 0.0301. The van der Waals surface area contributed by atoms with E-state index in [1.165, 1.54) is 0 Å². The lowest BCUT2D eigenvalue weighted by Gasteiger charge is -2.05. The van der Waals surface area contributed by atoms with Crippen molar-refractivity contribution < 1.29 is 4.79 Å². The van der Waals surface area contributed by atoms with E-state index in [4.69, 9.17) is 11.6 Å². The van der Waals surface area contributed by atoms with Crippen LogP contribution in [0.1, 0.15) is 15.9 Å². The molecule has 2 aromatic carbocycles. The second kappa shape index (κ2) is 6.17. The highest BCUT2D eigenvalue weighted by atomic mass is 127. The highest BCUT2D eigenvalue weighted by Crippen LogP contribution is 2.27. The van der Waals surface area contributed by atoms with Crippen LogP contribution in [0.15, 0.2) is 46.9 Å². The van der Waals surface area contributed by atoms with E-state index in [1.807, 2.05) is 36.4 Å². The molecule has 0 saturated heterocycles. The first-order valence-electron chi connectivity index (χ1n) is 5.29. The molecule has 92 valence electrons. The van der Waals surface area contributed by atoms with Gasteiger partial charge in [-0.3, -0.25) is 4.79 Å². The summed E-state index contributed by atoms with van der Waals surface area (Å²) in [6, 6.07) is 13.3. The van der Waals surface area contributed by atoms with Crippen molar-refractivity contribution in [2.45, 2.75) is 6.42 Å². The molecule has 2 rings (SSSR count). The number of hydrogen-bond acceptors (Lipinski definition) is 1. The molecule has 0 aliphatic rings. The lowest BCUT2D eigenvalue weighted by atomic mass is 10.0. The van der Waals surface area contributed by atoms with Gasteiger partial charge in [0.15, 0.2) is 5.78 Å². The van der Waals surface area contributed by atoms with E-state index >= 15 is 0 Å². The van der Waals surface area contributed by atoms with Crippen molar-refractivity contribution in [1.82, 2.24) is 0 Å². The maximum Gasteiger partial charge on any atom is 0.168 e. The smallest absolute Gasteiger partial charge is 0.168 e. The minimum Gasteiger partial charge on any atom is -0.294 e. The van der Waals surface area contributed by atoms with Gasteiger partial charge in [0.2, 0.25) is 0 Å². The van der Waals surface area contributed by atoms with Crippen LogP contribution in [0.25, 0.3) is 0 Å². The van der Waals surface area contributed by atoms with E-state index in [9.17, 15) is 4.79 Å². The zero-order valence-electron chi connectivity index (χ0n) is 9.29. The van der Waals surface area contributed by atoms with Crippen LogP contribution in [-0.4, -0.2) is 5.78 Å². The van der Waals surface area contributed by atoms with Crippen LogP contribution in [0.4, 0.5) is 0 Å². The van der Waals surface area contributed by atoms with Gasteiger partial charge >= 0.3 is 0 Å². The Morgan fingerprint density at radius 3 is 2.50 bits per heavy atom. The summed E-state index contributed by atoms with van der Waals surface area (Å²) in [5, 5.41) is 0.480. The second-order valence-electron chi connectivity index (χ2n) is 3.83. The number of ketones is 1. The molecule has 0 spiro atoms. The fourth-order valence-corrected chi connectivity index (χ4v) is 2.56. The van der Waals surface area contributed by atoms with Crippen molar-refractivity contribution in [2.24, 2.45) is 0 Å². The fourth-order valence-electron chi connectivity index (χ4n) is 1.60. The summed E-state index contributed by atoms with van der Waals surface area (Å²) < 4.78 is 1.90. The molecule has 0 aliphatic carbocycles. The molecule has 2 aromatic rings. The van der Waals surface area contributed by atoms with Crippen LogP contribution < -0.4 is 0 Å². The quantitative estimate of drug-likeness (QED) is 0.482. The summed E-state index contributed by atoms with van der Waals surface area (Å²) >= 11 is 11.7. The zero-order chi connectivity index (χ0) is 13.1. The molecule has 0 bridgehead atoms. The first-order valence-corrected chi connectivity index (χ1v) is 7.54. The first kappa shape index (κ1) is 14.0. The molecule has 0 heterocycles. The number of hydrogen-bond donors (Lipinski definition) is 0. The van der Waals surface area contributed by atoms with Gasteiger partial charge in [0.1, 0.15) is 0 Å². The van der Waals surface area contributed by atoms with Gasteiger partial charge in [-0.2, -0.15) is 0 Å². The number of rotatable bonds is 3. The average molecular weight is 435 g/mol. The molecule has 1 nitrogen and oxygen atoms in total. The molecule has 0 aromatic heterocycles. The van der Waals surface area contributed by atoms with Gasteiger partial charge in [0, 0.05) is 20.0 Å². The molecule has 18 heavy (non-hydrogen) atoms. The van der Waals surface area contributed by atoms with Gasteiger partial charge in [-0.1, -0.05) is 29.8 Å². The van der Waals surface area contributed by atoms with Crippen LogP contribution in [0.5, 0.6) is 0 Å². The number of benzene rings is 2. The summed E-state index contributed by atoms with van der Waals surface area (Å²) in [5.74, 6) is 0.0301. The third-order valence-corrected chi connectivity index (χ3v) is 4.55. The summed E-state index contributed by atoms with van der Waals surface area (Å²) in [7, 11) is 0. The Morgan fingerprint density at radius 2 is 1.83 bits per heavy atom. The second-order valence-corrected chi connectivity index (χ2v) is 6.31. The zero-order valence-corrected chi connectivity index (χ0v) is 13.8. The Balaban J connectivity index is 2.22. The average Bonchev–Trinajstić information content (AvgIpc) is 2.35. The van der Waals surface area contributed by atoms with Crippen molar-refractivity contribution >= 4 is 55.9 Å². The van der Waals surface area contributed by atoms with Gasteiger partial charge in [-0.05, 0) is 68.3 Å². The molecule has 0 atom stereocenters. The predicted molar refractivity (Wildman–Crippen MR) is 86.3 cm³/mol. The van der Waals surface area contributed by atoms with E-state index in [0.717, 1.165) is 13.6 Å². The Kier molecular flexibility index (Phi) is 4.81. The summed E-state index contributed by atoms with van der Waals surface area (Å²) in [6.45, 7) is 0. The number of carbonyl (C=O) groups excluding carboxylic acids is 1. The van der Waals surface area contributed by atoms with Crippen molar-refractivity contribution in [3.05, 3.63) is 66.7 Å². The van der Waals surface area contributed by atoms with Crippen molar-refractivity contribution in [2.75, 3.05) is 0 Å². The number of Topliss-reactive ketones (excluding diaryl/α,β-unsaturated/α-hetero) is 1. The minimum atomic E-state index is 0.0301. The fraction of sp³-hybridized carbons (Fsp3) is 0.0714. The van der Waals surface area contributed by atoms with Gasteiger partial charge in [-0.25, -0.2) is 0 Å². The number of carbonyl (C=O) groups is 1. The molecular formula is C14H9BrClIO. The van der Waals surface area contributed by atoms with Crippen molar-refractivity contribution in [3.63, 3.8) is 0 Å². The highest BCUT2D eigenvalue weighted by Gasteiger charge is 2.12. The molecule has 0 fully saturated rings. The Labute approximate surface area is 133 Å². The topological polar surface area (TPSA) is 17.1 Å². The van der Waals surface area contributed by atoms with Crippen LogP contribution in [0, 0.1) is 3.57 Å². The van der Waals surface area contributed by atoms with Gasteiger partial charge in [0.25, 0.3) is 0 Å². The summed E-state index contributed by atoms with van der Waals surface area (Å²) in [4.78, 5) is 12.2. The first-order chi connectivity index (χ1) is 8.58. The maximum absolute atomic E-state index is 12.2. The highest BCUT2D eigenvalue weighted by molar-refractivity contribution is 14.1. The van der Waals surface area contributed by atoms with Crippen LogP contribution in [0.3, 0.4) is 0 Å². The monoisotopic (exact) mass is 434 g/mol. The number of halogens is 3. The van der Waals surface area contributed by atoms with Gasteiger partial charge in [-0.15, -0.1) is 0 Å². The van der Waals surface area contributed by atoms with Gasteiger partial charge < -0.3 is 0 Å². The van der Waals surface area contributed by atoms with E-state index in [0.29, 0.717) is 17.0 Å². The normalized spacial score (nSPS) is 10.4. The Hall–Kier alpha value is -0.390. The third kappa shape index (κ3) is 3.33. The lowest BCUT2D eigenvalue weighted by Crippen LogP contribution is -2.04. The maximum atomic E-state index is 12.2. The van der Waals surface area contributed by atoms with E-state index in [2.05, 4.69) is 38.5 Å². The lowest BCUT2D eigenvalue weighted by molar-refractivity contribution is 0.0993. The summed E-state index contributed by atoms with van der Waals surface area (Å²) in [6.07, 6.45) is 0.368. The van der Waals surface area contributed by atoms with Crippen LogP contribution in [0.2, 0.25) is 5.02 Å².